The smallest absolute Gasteiger partial charge is 0.115 e. The molecule has 76 valence electrons. The van der Waals surface area contributed by atoms with Crippen LogP contribution >= 0.6 is 0 Å². The highest BCUT2D eigenvalue weighted by molar-refractivity contribution is 5.27. The van der Waals surface area contributed by atoms with Crippen LogP contribution in [0.2, 0.25) is 0 Å². The zero-order chi connectivity index (χ0) is 9.97. The quantitative estimate of drug-likeness (QED) is 0.794. The van der Waals surface area contributed by atoms with Crippen LogP contribution in [0.4, 0.5) is 0 Å². The summed E-state index contributed by atoms with van der Waals surface area (Å²) in [5, 5.41) is 9.13. The summed E-state index contributed by atoms with van der Waals surface area (Å²) < 4.78 is 5.71. The van der Waals surface area contributed by atoms with E-state index in [-0.39, 0.29) is 6.10 Å². The maximum Gasteiger partial charge on any atom is 0.115 e. The normalized spacial score (nSPS) is 18.1. The Bertz CT molecular complexity index is 288. The first-order valence-corrected chi connectivity index (χ1v) is 5.16. The van der Waals surface area contributed by atoms with Crippen LogP contribution in [0.3, 0.4) is 0 Å². The minimum atomic E-state index is 0.135. The molecule has 0 saturated heterocycles. The Balaban J connectivity index is 1.88. The van der Waals surface area contributed by atoms with Gasteiger partial charge in [-0.2, -0.15) is 0 Å². The lowest BCUT2D eigenvalue weighted by Gasteiger charge is -2.12. The van der Waals surface area contributed by atoms with E-state index in [4.69, 9.17) is 9.84 Å². The van der Waals surface area contributed by atoms with Crippen LogP contribution in [0.25, 0.3) is 0 Å². The summed E-state index contributed by atoms with van der Waals surface area (Å²) >= 11 is 0. The summed E-state index contributed by atoms with van der Waals surface area (Å²) in [7, 11) is 0. The molecule has 1 saturated carbocycles. The van der Waals surface area contributed by atoms with Crippen LogP contribution in [0.15, 0.2) is 24.3 Å². The third-order valence-electron chi connectivity index (χ3n) is 2.64. The number of hydrogen-bond acceptors (Lipinski definition) is 2. The Morgan fingerprint density at radius 1 is 1.36 bits per heavy atom. The summed E-state index contributed by atoms with van der Waals surface area (Å²) in [6.45, 7) is 2.93. The Morgan fingerprint density at radius 2 is 2.00 bits per heavy atom. The molecule has 0 amide bonds. The predicted molar refractivity (Wildman–Crippen MR) is 55.2 cm³/mol. The van der Waals surface area contributed by atoms with Crippen molar-refractivity contribution in [1.82, 2.24) is 0 Å². The molecule has 2 rings (SSSR count). The molecule has 0 bridgehead atoms. The summed E-state index contributed by atoms with van der Waals surface area (Å²) in [6.07, 6.45) is 2.78. The van der Waals surface area contributed by atoms with Crippen molar-refractivity contribution in [3.05, 3.63) is 29.8 Å². The minimum Gasteiger partial charge on any atom is -0.508 e. The summed E-state index contributed by atoms with van der Waals surface area (Å²) in [5.41, 5.74) is 1.13. The molecule has 1 atom stereocenters. The first kappa shape index (κ1) is 9.53. The van der Waals surface area contributed by atoms with Gasteiger partial charge in [0.2, 0.25) is 0 Å². The minimum absolute atomic E-state index is 0.135. The van der Waals surface area contributed by atoms with Crippen molar-refractivity contribution in [2.75, 3.05) is 6.61 Å². The Hall–Kier alpha value is -1.02. The molecular formula is C12H16O2. The second-order valence-corrected chi connectivity index (χ2v) is 4.01. The maximum atomic E-state index is 9.13. The highest BCUT2D eigenvalue weighted by atomic mass is 16.5. The molecule has 1 aromatic rings. The lowest BCUT2D eigenvalue weighted by molar-refractivity contribution is 0.0579. The molecule has 2 nitrogen and oxygen atoms in total. The Kier molecular flexibility index (Phi) is 2.73. The Morgan fingerprint density at radius 3 is 2.57 bits per heavy atom. The predicted octanol–water partition coefficient (Wildman–Crippen LogP) is 2.88. The fraction of sp³-hybridized carbons (Fsp3) is 0.500. The molecule has 1 fully saturated rings. The van der Waals surface area contributed by atoms with E-state index >= 15 is 0 Å². The second kappa shape index (κ2) is 4.01. The lowest BCUT2D eigenvalue weighted by atomic mass is 10.1. The molecule has 0 aromatic heterocycles. The first-order chi connectivity index (χ1) is 6.75. The van der Waals surface area contributed by atoms with Crippen LogP contribution in [-0.2, 0) is 4.74 Å². The molecule has 1 N–H and O–H groups in total. The number of rotatable bonds is 4. The lowest BCUT2D eigenvalue weighted by Crippen LogP contribution is -2.02. The Labute approximate surface area is 84.5 Å². The second-order valence-electron chi connectivity index (χ2n) is 4.01. The van der Waals surface area contributed by atoms with Crippen molar-refractivity contribution < 1.29 is 9.84 Å². The van der Waals surface area contributed by atoms with Crippen molar-refractivity contribution in [2.45, 2.75) is 25.9 Å². The van der Waals surface area contributed by atoms with E-state index in [1.807, 2.05) is 12.1 Å². The van der Waals surface area contributed by atoms with Gasteiger partial charge in [0.15, 0.2) is 0 Å². The highest BCUT2D eigenvalue weighted by Gasteiger charge is 2.22. The third kappa shape index (κ3) is 2.48. The number of ether oxygens (including phenoxy) is 1. The van der Waals surface area contributed by atoms with Crippen molar-refractivity contribution in [1.29, 1.82) is 0 Å². The molecule has 2 heteroatoms. The third-order valence-corrected chi connectivity index (χ3v) is 2.64. The zero-order valence-corrected chi connectivity index (χ0v) is 8.44. The summed E-state index contributed by atoms with van der Waals surface area (Å²) in [6, 6.07) is 7.22. The molecule has 1 unspecified atom stereocenters. The van der Waals surface area contributed by atoms with E-state index in [1.54, 1.807) is 12.1 Å². The van der Waals surface area contributed by atoms with Gasteiger partial charge in [-0.3, -0.25) is 0 Å². The molecule has 1 aliphatic carbocycles. The standard InChI is InChI=1S/C12H16O2/c1-9(14-8-10-2-3-10)11-4-6-12(13)7-5-11/h4-7,9-10,13H,2-3,8H2,1H3. The van der Waals surface area contributed by atoms with Crippen LogP contribution in [0.5, 0.6) is 5.75 Å². The van der Waals surface area contributed by atoms with Gasteiger partial charge in [-0.25, -0.2) is 0 Å². The molecule has 0 radical (unpaired) electrons. The van der Waals surface area contributed by atoms with Crippen LogP contribution in [-0.4, -0.2) is 11.7 Å². The monoisotopic (exact) mass is 192 g/mol. The van der Waals surface area contributed by atoms with Gasteiger partial charge in [0.05, 0.1) is 12.7 Å². The van der Waals surface area contributed by atoms with Crippen LogP contribution in [0, 0.1) is 5.92 Å². The molecule has 1 aromatic carbocycles. The van der Waals surface area contributed by atoms with Crippen molar-refractivity contribution in [2.24, 2.45) is 5.92 Å². The summed E-state index contributed by atoms with van der Waals surface area (Å²) in [4.78, 5) is 0. The molecule has 14 heavy (non-hydrogen) atoms. The van der Waals surface area contributed by atoms with E-state index < -0.39 is 0 Å². The van der Waals surface area contributed by atoms with E-state index in [0.29, 0.717) is 5.75 Å². The molecular weight excluding hydrogens is 176 g/mol. The molecule has 0 heterocycles. The summed E-state index contributed by atoms with van der Waals surface area (Å²) in [5.74, 6) is 1.11. The van der Waals surface area contributed by atoms with Gasteiger partial charge in [0.1, 0.15) is 5.75 Å². The maximum absolute atomic E-state index is 9.13. The fourth-order valence-corrected chi connectivity index (χ4v) is 1.41. The SMILES string of the molecule is CC(OCC1CC1)c1ccc(O)cc1. The van der Waals surface area contributed by atoms with Gasteiger partial charge in [-0.15, -0.1) is 0 Å². The van der Waals surface area contributed by atoms with E-state index in [9.17, 15) is 0 Å². The van der Waals surface area contributed by atoms with Crippen molar-refractivity contribution in [3.8, 4) is 5.75 Å². The number of hydrogen-bond donors (Lipinski definition) is 1. The highest BCUT2D eigenvalue weighted by Crippen LogP contribution is 2.31. The zero-order valence-electron chi connectivity index (χ0n) is 8.44. The largest absolute Gasteiger partial charge is 0.508 e. The van der Waals surface area contributed by atoms with Crippen LogP contribution < -0.4 is 0 Å². The first-order valence-electron chi connectivity index (χ1n) is 5.16. The average molecular weight is 192 g/mol. The number of phenolic OH excluding ortho intramolecular Hbond substituents is 1. The molecule has 0 spiro atoms. The van der Waals surface area contributed by atoms with Gasteiger partial charge >= 0.3 is 0 Å². The van der Waals surface area contributed by atoms with Gasteiger partial charge in [-0.05, 0) is 43.4 Å². The van der Waals surface area contributed by atoms with E-state index in [1.165, 1.54) is 12.8 Å². The number of aromatic hydroxyl groups is 1. The van der Waals surface area contributed by atoms with Crippen molar-refractivity contribution >= 4 is 0 Å². The van der Waals surface area contributed by atoms with Crippen LogP contribution in [0.1, 0.15) is 31.4 Å². The van der Waals surface area contributed by atoms with Gasteiger partial charge in [0, 0.05) is 0 Å². The topological polar surface area (TPSA) is 29.5 Å². The molecule has 0 aliphatic heterocycles. The number of phenols is 1. The van der Waals surface area contributed by atoms with Gasteiger partial charge in [-0.1, -0.05) is 12.1 Å². The van der Waals surface area contributed by atoms with E-state index in [2.05, 4.69) is 6.92 Å². The fourth-order valence-electron chi connectivity index (χ4n) is 1.41. The number of benzene rings is 1. The van der Waals surface area contributed by atoms with Crippen molar-refractivity contribution in [3.63, 3.8) is 0 Å². The van der Waals surface area contributed by atoms with Gasteiger partial charge in [0.25, 0.3) is 0 Å². The molecule has 1 aliphatic rings. The average Bonchev–Trinajstić information content (AvgIpc) is 2.99. The van der Waals surface area contributed by atoms with Gasteiger partial charge < -0.3 is 9.84 Å². The van der Waals surface area contributed by atoms with E-state index in [0.717, 1.165) is 18.1 Å².